The van der Waals surface area contributed by atoms with E-state index in [2.05, 4.69) is 4.72 Å². The standard InChI is InChI=1S/C17H20ClNO4S/c1-22-15-8-5-7-13(10-15)17(23-2)11-19-24(20,21)12-14-6-3-4-9-16(14)18/h3-10,17,19H,11-12H2,1-2H3/t17-/m1/s1. The number of hydrogen-bond donors (Lipinski definition) is 1. The molecule has 0 aliphatic rings. The highest BCUT2D eigenvalue weighted by atomic mass is 35.5. The van der Waals surface area contributed by atoms with Crippen molar-refractivity contribution in [3.8, 4) is 5.75 Å². The second kappa shape index (κ2) is 8.48. The Hall–Kier alpha value is -1.60. The van der Waals surface area contributed by atoms with Crippen LogP contribution < -0.4 is 9.46 Å². The lowest BCUT2D eigenvalue weighted by Gasteiger charge is -2.17. The van der Waals surface area contributed by atoms with Crippen molar-refractivity contribution in [3.63, 3.8) is 0 Å². The number of sulfonamides is 1. The number of ether oxygens (including phenoxy) is 2. The van der Waals surface area contributed by atoms with Gasteiger partial charge in [-0.1, -0.05) is 41.9 Å². The molecule has 0 aliphatic carbocycles. The summed E-state index contributed by atoms with van der Waals surface area (Å²) >= 11 is 6.02. The lowest BCUT2D eigenvalue weighted by Crippen LogP contribution is -2.30. The van der Waals surface area contributed by atoms with Crippen LogP contribution in [0.15, 0.2) is 48.5 Å². The van der Waals surface area contributed by atoms with Gasteiger partial charge in [-0.2, -0.15) is 0 Å². The second-order valence-corrected chi connectivity index (χ2v) is 7.41. The van der Waals surface area contributed by atoms with Gasteiger partial charge in [-0.05, 0) is 29.3 Å². The minimum Gasteiger partial charge on any atom is -0.497 e. The third kappa shape index (κ3) is 5.21. The van der Waals surface area contributed by atoms with Crippen LogP contribution in [0.5, 0.6) is 5.75 Å². The van der Waals surface area contributed by atoms with E-state index in [9.17, 15) is 8.42 Å². The molecule has 24 heavy (non-hydrogen) atoms. The molecule has 0 bridgehead atoms. The van der Waals surface area contributed by atoms with Gasteiger partial charge in [-0.15, -0.1) is 0 Å². The fourth-order valence-electron chi connectivity index (χ4n) is 2.25. The number of hydrogen-bond acceptors (Lipinski definition) is 4. The molecule has 0 amide bonds. The molecule has 130 valence electrons. The van der Waals surface area contributed by atoms with Crippen molar-refractivity contribution in [1.29, 1.82) is 0 Å². The minimum absolute atomic E-state index is 0.121. The molecular formula is C17H20ClNO4S. The Balaban J connectivity index is 2.05. The highest BCUT2D eigenvalue weighted by molar-refractivity contribution is 7.88. The van der Waals surface area contributed by atoms with E-state index in [0.29, 0.717) is 16.3 Å². The number of benzene rings is 2. The summed E-state index contributed by atoms with van der Waals surface area (Å²) in [6, 6.07) is 14.2. The Morgan fingerprint density at radius 2 is 1.88 bits per heavy atom. The van der Waals surface area contributed by atoms with E-state index < -0.39 is 16.1 Å². The van der Waals surface area contributed by atoms with Gasteiger partial charge in [0.25, 0.3) is 0 Å². The Labute approximate surface area is 147 Å². The van der Waals surface area contributed by atoms with Gasteiger partial charge >= 0.3 is 0 Å². The maximum atomic E-state index is 12.3. The van der Waals surface area contributed by atoms with Crippen molar-refractivity contribution in [2.45, 2.75) is 11.9 Å². The summed E-state index contributed by atoms with van der Waals surface area (Å²) in [6.45, 7) is 0.121. The Morgan fingerprint density at radius 1 is 1.12 bits per heavy atom. The molecule has 7 heteroatoms. The van der Waals surface area contributed by atoms with E-state index >= 15 is 0 Å². The van der Waals surface area contributed by atoms with Gasteiger partial charge in [0.05, 0.1) is 19.0 Å². The molecule has 0 saturated carbocycles. The topological polar surface area (TPSA) is 64.6 Å². The van der Waals surface area contributed by atoms with Gasteiger partial charge in [0.1, 0.15) is 5.75 Å². The zero-order valence-electron chi connectivity index (χ0n) is 13.5. The highest BCUT2D eigenvalue weighted by Gasteiger charge is 2.18. The van der Waals surface area contributed by atoms with Crippen molar-refractivity contribution in [2.75, 3.05) is 20.8 Å². The Bertz CT molecular complexity index is 780. The number of nitrogens with one attached hydrogen (secondary N) is 1. The molecule has 0 unspecified atom stereocenters. The smallest absolute Gasteiger partial charge is 0.215 e. The van der Waals surface area contributed by atoms with Gasteiger partial charge in [-0.25, -0.2) is 13.1 Å². The molecule has 1 N–H and O–H groups in total. The van der Waals surface area contributed by atoms with Gasteiger partial charge in [0.2, 0.25) is 10.0 Å². The average Bonchev–Trinajstić information content (AvgIpc) is 2.57. The number of halogens is 1. The summed E-state index contributed by atoms with van der Waals surface area (Å²) in [6.07, 6.45) is -0.416. The molecule has 0 spiro atoms. The Kier molecular flexibility index (Phi) is 6.62. The molecule has 2 rings (SSSR count). The van der Waals surface area contributed by atoms with Crippen molar-refractivity contribution >= 4 is 21.6 Å². The van der Waals surface area contributed by atoms with E-state index in [0.717, 1.165) is 5.56 Å². The predicted molar refractivity (Wildman–Crippen MR) is 94.8 cm³/mol. The van der Waals surface area contributed by atoms with Gasteiger partial charge in [0, 0.05) is 18.7 Å². The molecule has 1 atom stereocenters. The molecule has 0 aliphatic heterocycles. The summed E-state index contributed by atoms with van der Waals surface area (Å²) in [5.41, 5.74) is 1.39. The molecule has 0 heterocycles. The molecule has 0 saturated heterocycles. The third-order valence-corrected chi connectivity index (χ3v) is 5.21. The van der Waals surface area contributed by atoms with E-state index in [1.165, 1.54) is 7.11 Å². The number of rotatable bonds is 8. The predicted octanol–water partition coefficient (Wildman–Crippen LogP) is 3.16. The molecular weight excluding hydrogens is 350 g/mol. The summed E-state index contributed by atoms with van der Waals surface area (Å²) < 4.78 is 37.7. The SMILES string of the molecule is COc1cccc([C@@H](CNS(=O)(=O)Cc2ccccc2Cl)OC)c1. The molecule has 0 radical (unpaired) electrons. The monoisotopic (exact) mass is 369 g/mol. The van der Waals surface area contributed by atoms with Gasteiger partial charge < -0.3 is 9.47 Å². The minimum atomic E-state index is -3.53. The first kappa shape index (κ1) is 18.7. The quantitative estimate of drug-likeness (QED) is 0.776. The van der Waals surface area contributed by atoms with E-state index in [1.54, 1.807) is 31.4 Å². The lowest BCUT2D eigenvalue weighted by molar-refractivity contribution is 0.107. The van der Waals surface area contributed by atoms with Crippen molar-refractivity contribution in [1.82, 2.24) is 4.72 Å². The summed E-state index contributed by atoms with van der Waals surface area (Å²) in [7, 11) is -0.421. The van der Waals surface area contributed by atoms with Crippen molar-refractivity contribution in [3.05, 3.63) is 64.7 Å². The van der Waals surface area contributed by atoms with Crippen molar-refractivity contribution < 1.29 is 17.9 Å². The fourth-order valence-corrected chi connectivity index (χ4v) is 3.70. The highest BCUT2D eigenvalue weighted by Crippen LogP contribution is 2.22. The number of methoxy groups -OCH3 is 2. The maximum absolute atomic E-state index is 12.3. The molecule has 2 aromatic rings. The Morgan fingerprint density at radius 3 is 2.54 bits per heavy atom. The van der Waals surface area contributed by atoms with Crippen LogP contribution in [0.3, 0.4) is 0 Å². The van der Waals surface area contributed by atoms with Gasteiger partial charge in [0.15, 0.2) is 0 Å². The van der Waals surface area contributed by atoms with Crippen LogP contribution in [0.1, 0.15) is 17.2 Å². The first-order chi connectivity index (χ1) is 11.4. The van der Waals surface area contributed by atoms with Crippen LogP contribution in [0, 0.1) is 0 Å². The van der Waals surface area contributed by atoms with E-state index in [-0.39, 0.29) is 12.3 Å². The van der Waals surface area contributed by atoms with Crippen LogP contribution in [0.4, 0.5) is 0 Å². The maximum Gasteiger partial charge on any atom is 0.215 e. The first-order valence-corrected chi connectivity index (χ1v) is 9.35. The zero-order valence-corrected chi connectivity index (χ0v) is 15.1. The molecule has 0 fully saturated rings. The third-order valence-electron chi connectivity index (χ3n) is 3.54. The summed E-state index contributed by atoms with van der Waals surface area (Å²) in [5, 5.41) is 0.430. The normalized spacial score (nSPS) is 12.8. The van der Waals surface area contributed by atoms with Crippen LogP contribution in [-0.2, 0) is 20.5 Å². The fraction of sp³-hybridized carbons (Fsp3) is 0.294. The molecule has 0 aromatic heterocycles. The zero-order chi connectivity index (χ0) is 17.6. The molecule has 5 nitrogen and oxygen atoms in total. The molecule has 2 aromatic carbocycles. The lowest BCUT2D eigenvalue weighted by atomic mass is 10.1. The van der Waals surface area contributed by atoms with Gasteiger partial charge in [-0.3, -0.25) is 0 Å². The summed E-state index contributed by atoms with van der Waals surface area (Å²) in [4.78, 5) is 0. The second-order valence-electron chi connectivity index (χ2n) is 5.20. The van der Waals surface area contributed by atoms with Crippen LogP contribution in [0.2, 0.25) is 5.02 Å². The summed E-state index contributed by atoms with van der Waals surface area (Å²) in [5.74, 6) is 0.509. The average molecular weight is 370 g/mol. The van der Waals surface area contributed by atoms with Crippen LogP contribution in [-0.4, -0.2) is 29.2 Å². The van der Waals surface area contributed by atoms with E-state index in [4.69, 9.17) is 21.1 Å². The largest absolute Gasteiger partial charge is 0.497 e. The first-order valence-electron chi connectivity index (χ1n) is 7.32. The van der Waals surface area contributed by atoms with Crippen molar-refractivity contribution in [2.24, 2.45) is 0 Å². The van der Waals surface area contributed by atoms with Crippen LogP contribution in [0.25, 0.3) is 0 Å². The van der Waals surface area contributed by atoms with E-state index in [1.807, 2.05) is 24.3 Å². The van der Waals surface area contributed by atoms with Crippen LogP contribution >= 0.6 is 11.6 Å².